The summed E-state index contributed by atoms with van der Waals surface area (Å²) in [5, 5.41) is 119. The Morgan fingerprint density at radius 1 is 0.662 bits per heavy atom. The fraction of sp³-hybridized carbons (Fsp3) is 0.917. The number of ether oxygens (including phenoxy) is 6. The van der Waals surface area contributed by atoms with E-state index in [1.165, 1.54) is 18.1 Å². The van der Waals surface area contributed by atoms with E-state index in [9.17, 15) is 56.2 Å². The van der Waals surface area contributed by atoms with Gasteiger partial charge in [0.15, 0.2) is 18.9 Å². The van der Waals surface area contributed by atoms with E-state index in [4.69, 9.17) is 28.4 Å². The highest BCUT2D eigenvalue weighted by Gasteiger charge is 2.68. The standard InChI is InChI=1S/C48H78O17/c1-22-31(52)33(54)37(58)41(61-22)65-39-26(20-60-40-36(57)34(55)32(53)25(19-49)62-40)63-42(38(59)35(39)56)64-30-12-13-45(6)27(44(30,4)5)11-14-46(7)28(45)10-9-23-24-17-43(2,3)15-16-48(24,21-50)29(51)18-47(23,46)8/h9-10,22,25-42,49-59H,11-21H2,1-8H3. The van der Waals surface area contributed by atoms with Gasteiger partial charge in [-0.3, -0.25) is 0 Å². The fourth-order valence-corrected chi connectivity index (χ4v) is 14.4. The molecule has 8 aliphatic rings. The predicted molar refractivity (Wildman–Crippen MR) is 230 cm³/mol. The van der Waals surface area contributed by atoms with E-state index < -0.39 is 128 Å². The molecule has 0 aromatic rings. The van der Waals surface area contributed by atoms with Crippen molar-refractivity contribution in [2.75, 3.05) is 19.8 Å². The molecule has 0 spiro atoms. The predicted octanol–water partition coefficient (Wildman–Crippen LogP) is 0.532. The third kappa shape index (κ3) is 7.87. The van der Waals surface area contributed by atoms with Gasteiger partial charge in [0.25, 0.3) is 0 Å². The van der Waals surface area contributed by atoms with Gasteiger partial charge in [0.1, 0.15) is 67.1 Å². The van der Waals surface area contributed by atoms with Crippen molar-refractivity contribution >= 4 is 0 Å². The molecule has 3 saturated heterocycles. The molecule has 8 rings (SSSR count). The molecule has 372 valence electrons. The van der Waals surface area contributed by atoms with Gasteiger partial charge < -0.3 is 84.6 Å². The molecule has 5 aliphatic carbocycles. The first-order valence-corrected chi connectivity index (χ1v) is 24.0. The maximum Gasteiger partial charge on any atom is 0.187 e. The van der Waals surface area contributed by atoms with Crippen molar-refractivity contribution in [3.63, 3.8) is 0 Å². The Morgan fingerprint density at radius 2 is 1.29 bits per heavy atom. The van der Waals surface area contributed by atoms with Gasteiger partial charge in [0.05, 0.1) is 38.1 Å². The number of fused-ring (bicyclic) bond motifs is 6. The Kier molecular flexibility index (Phi) is 13.6. The summed E-state index contributed by atoms with van der Waals surface area (Å²) in [4.78, 5) is 0. The average molecular weight is 927 g/mol. The third-order valence-electron chi connectivity index (χ3n) is 18.8. The quantitative estimate of drug-likeness (QED) is 0.141. The number of aliphatic hydroxyl groups is 11. The molecule has 17 nitrogen and oxygen atoms in total. The van der Waals surface area contributed by atoms with Crippen molar-refractivity contribution in [2.24, 2.45) is 44.3 Å². The lowest BCUT2D eigenvalue weighted by molar-refractivity contribution is -0.373. The number of rotatable bonds is 9. The fourth-order valence-electron chi connectivity index (χ4n) is 14.4. The van der Waals surface area contributed by atoms with E-state index in [0.717, 1.165) is 38.5 Å². The highest BCUT2D eigenvalue weighted by molar-refractivity contribution is 5.47. The first-order chi connectivity index (χ1) is 30.3. The highest BCUT2D eigenvalue weighted by Crippen LogP contribution is 2.74. The van der Waals surface area contributed by atoms with Gasteiger partial charge in [-0.2, -0.15) is 0 Å². The normalized spacial score (nSPS) is 54.0. The van der Waals surface area contributed by atoms with Crippen LogP contribution < -0.4 is 0 Å². The molecule has 3 heterocycles. The van der Waals surface area contributed by atoms with Crippen molar-refractivity contribution in [1.82, 2.24) is 0 Å². The Balaban J connectivity index is 1.04. The summed E-state index contributed by atoms with van der Waals surface area (Å²) in [6.45, 7) is 16.2. The molecule has 0 aromatic heterocycles. The van der Waals surface area contributed by atoms with Crippen molar-refractivity contribution in [3.05, 3.63) is 23.3 Å². The van der Waals surface area contributed by atoms with Crippen LogP contribution in [0.25, 0.3) is 0 Å². The zero-order chi connectivity index (χ0) is 47.6. The summed E-state index contributed by atoms with van der Waals surface area (Å²) in [5.74, 6) is 0.308. The zero-order valence-electron chi connectivity index (χ0n) is 39.3. The van der Waals surface area contributed by atoms with E-state index in [1.54, 1.807) is 0 Å². The SMILES string of the molecule is CC1OC(OC2C(COC3OC(CO)C(O)C(O)C3O)OC(OC3CCC4(C)C(CCC5(C)C4C=CC4=C6CC(C)(C)CCC6(CO)C(O)CC45C)C3(C)C)C(O)C2O)C(O)C(O)C1O. The lowest BCUT2D eigenvalue weighted by Crippen LogP contribution is -2.66. The molecule has 17 heteroatoms. The van der Waals surface area contributed by atoms with Crippen LogP contribution in [-0.2, 0) is 28.4 Å². The van der Waals surface area contributed by atoms with Crippen LogP contribution in [-0.4, -0.2) is 180 Å². The van der Waals surface area contributed by atoms with Crippen LogP contribution in [0.1, 0.15) is 107 Å². The minimum absolute atomic E-state index is 0.0621. The van der Waals surface area contributed by atoms with Crippen molar-refractivity contribution in [2.45, 2.75) is 211 Å². The maximum absolute atomic E-state index is 12.1. The second-order valence-corrected chi connectivity index (χ2v) is 23.3. The molecule has 11 N–H and O–H groups in total. The summed E-state index contributed by atoms with van der Waals surface area (Å²) in [6, 6.07) is 0. The molecular formula is C48H78O17. The Morgan fingerprint density at radius 3 is 1.97 bits per heavy atom. The second-order valence-electron chi connectivity index (χ2n) is 23.3. The summed E-state index contributed by atoms with van der Waals surface area (Å²) >= 11 is 0. The van der Waals surface area contributed by atoms with Crippen LogP contribution in [0.15, 0.2) is 23.3 Å². The van der Waals surface area contributed by atoms with Gasteiger partial charge in [0.2, 0.25) is 0 Å². The Hall–Kier alpha value is -1.20. The Labute approximate surface area is 382 Å². The number of allylic oxidation sites excluding steroid dienone is 3. The number of hydrogen-bond donors (Lipinski definition) is 11. The molecule has 3 aliphatic heterocycles. The first kappa shape index (κ1) is 50.2. The smallest absolute Gasteiger partial charge is 0.187 e. The van der Waals surface area contributed by atoms with Gasteiger partial charge in [-0.05, 0) is 97.4 Å². The molecule has 0 radical (unpaired) electrons. The second kappa shape index (κ2) is 17.6. The van der Waals surface area contributed by atoms with Crippen LogP contribution in [0.3, 0.4) is 0 Å². The molecular weight excluding hydrogens is 849 g/mol. The first-order valence-electron chi connectivity index (χ1n) is 24.0. The minimum Gasteiger partial charge on any atom is -0.395 e. The molecule has 6 fully saturated rings. The summed E-state index contributed by atoms with van der Waals surface area (Å²) < 4.78 is 36.2. The molecule has 3 saturated carbocycles. The van der Waals surface area contributed by atoms with Crippen LogP contribution in [0.4, 0.5) is 0 Å². The molecule has 0 bridgehead atoms. The monoisotopic (exact) mass is 927 g/mol. The number of hydrogen-bond acceptors (Lipinski definition) is 17. The van der Waals surface area contributed by atoms with Gasteiger partial charge >= 0.3 is 0 Å². The van der Waals surface area contributed by atoms with Gasteiger partial charge in [0, 0.05) is 10.8 Å². The van der Waals surface area contributed by atoms with Crippen LogP contribution in [0, 0.1) is 44.3 Å². The van der Waals surface area contributed by atoms with Crippen molar-refractivity contribution < 1.29 is 84.6 Å². The highest BCUT2D eigenvalue weighted by atomic mass is 16.8. The van der Waals surface area contributed by atoms with E-state index in [2.05, 4.69) is 60.6 Å². The lowest BCUT2D eigenvalue weighted by Gasteiger charge is -2.70. The van der Waals surface area contributed by atoms with Gasteiger partial charge in [-0.15, -0.1) is 0 Å². The third-order valence-corrected chi connectivity index (χ3v) is 18.8. The lowest BCUT2D eigenvalue weighted by atomic mass is 9.35. The van der Waals surface area contributed by atoms with Crippen LogP contribution in [0.2, 0.25) is 0 Å². The van der Waals surface area contributed by atoms with Crippen molar-refractivity contribution in [1.29, 1.82) is 0 Å². The van der Waals surface area contributed by atoms with E-state index >= 15 is 0 Å². The summed E-state index contributed by atoms with van der Waals surface area (Å²) in [7, 11) is 0. The van der Waals surface area contributed by atoms with Crippen LogP contribution >= 0.6 is 0 Å². The van der Waals surface area contributed by atoms with Crippen molar-refractivity contribution in [3.8, 4) is 0 Å². The largest absolute Gasteiger partial charge is 0.395 e. The zero-order valence-corrected chi connectivity index (χ0v) is 39.3. The van der Waals surface area contributed by atoms with Gasteiger partial charge in [-0.25, -0.2) is 0 Å². The molecule has 0 amide bonds. The minimum atomic E-state index is -1.76. The van der Waals surface area contributed by atoms with Crippen LogP contribution in [0.5, 0.6) is 0 Å². The maximum atomic E-state index is 12.1. The Bertz CT molecular complexity index is 1790. The number of aliphatic hydroxyl groups excluding tert-OH is 11. The van der Waals surface area contributed by atoms with E-state index in [1.807, 2.05) is 0 Å². The van der Waals surface area contributed by atoms with E-state index in [0.29, 0.717) is 12.8 Å². The molecule has 23 unspecified atom stereocenters. The average Bonchev–Trinajstić information content (AvgIpc) is 3.24. The molecule has 0 aromatic carbocycles. The van der Waals surface area contributed by atoms with E-state index in [-0.39, 0.29) is 40.1 Å². The topological polar surface area (TPSA) is 278 Å². The summed E-state index contributed by atoms with van der Waals surface area (Å²) in [5.41, 5.74) is 0.777. The molecule has 23 atom stereocenters. The molecule has 65 heavy (non-hydrogen) atoms. The van der Waals surface area contributed by atoms with Gasteiger partial charge in [-0.1, -0.05) is 66.2 Å². The summed E-state index contributed by atoms with van der Waals surface area (Å²) in [6.07, 6.45) is -13.2.